The van der Waals surface area contributed by atoms with Crippen LogP contribution in [0.4, 0.5) is 0 Å². The lowest BCUT2D eigenvalue weighted by Crippen LogP contribution is -2.44. The van der Waals surface area contributed by atoms with Gasteiger partial charge in [0.05, 0.1) is 11.3 Å². The van der Waals surface area contributed by atoms with E-state index in [4.69, 9.17) is 4.74 Å². The van der Waals surface area contributed by atoms with Gasteiger partial charge in [0.1, 0.15) is 0 Å². The van der Waals surface area contributed by atoms with Crippen molar-refractivity contribution >= 4 is 31.9 Å². The molecule has 100 valence electrons. The summed E-state index contributed by atoms with van der Waals surface area (Å²) in [5.41, 5.74) is 0.300. The Balaban J connectivity index is 1.84. The molecular weight excluding hydrogens is 364 g/mol. The number of ether oxygens (including phenoxy) is 1. The molecule has 4 nitrogen and oxygen atoms in total. The first kappa shape index (κ1) is 14.4. The first-order chi connectivity index (χ1) is 8.59. The van der Waals surface area contributed by atoms with Crippen LogP contribution in [0.25, 0.3) is 0 Å². The molecule has 0 unspecified atom stereocenters. The highest BCUT2D eigenvalue weighted by Crippen LogP contribution is 2.21. The second-order valence-corrected chi connectivity index (χ2v) is 6.29. The molecule has 0 amide bonds. The fraction of sp³-hybridized carbons (Fsp3) is 0.583. The third-order valence-corrected chi connectivity index (χ3v) is 4.17. The molecule has 1 aromatic heterocycles. The van der Waals surface area contributed by atoms with E-state index in [-0.39, 0.29) is 0 Å². The molecule has 0 atom stereocenters. The molecule has 1 aromatic rings. The van der Waals surface area contributed by atoms with Crippen LogP contribution in [0.3, 0.4) is 0 Å². The van der Waals surface area contributed by atoms with Gasteiger partial charge in [-0.3, -0.25) is 4.98 Å². The molecule has 1 aliphatic rings. The molecule has 2 N–H and O–H groups in total. The summed E-state index contributed by atoms with van der Waals surface area (Å²) in [6.07, 6.45) is 3.15. The average molecular weight is 380 g/mol. The highest BCUT2D eigenvalue weighted by molar-refractivity contribution is 9.11. The maximum atomic E-state index is 10.3. The number of rotatable bonds is 4. The van der Waals surface area contributed by atoms with E-state index in [1.807, 2.05) is 6.07 Å². The topological polar surface area (TPSA) is 54.4 Å². The molecule has 6 heteroatoms. The SMILES string of the molecule is OC1(CNCc2ncc(Br)cc2Br)CCOCC1. The van der Waals surface area contributed by atoms with Gasteiger partial charge in [-0.05, 0) is 37.9 Å². The van der Waals surface area contributed by atoms with E-state index in [0.717, 1.165) is 14.6 Å². The summed E-state index contributed by atoms with van der Waals surface area (Å²) in [6, 6.07) is 1.97. The fourth-order valence-corrected chi connectivity index (χ4v) is 3.04. The lowest BCUT2D eigenvalue weighted by atomic mass is 9.94. The van der Waals surface area contributed by atoms with Crippen LogP contribution >= 0.6 is 31.9 Å². The quantitative estimate of drug-likeness (QED) is 0.842. The number of aromatic nitrogens is 1. The van der Waals surface area contributed by atoms with Gasteiger partial charge < -0.3 is 15.2 Å². The summed E-state index contributed by atoms with van der Waals surface area (Å²) >= 11 is 6.84. The zero-order valence-electron chi connectivity index (χ0n) is 9.96. The Labute approximate surface area is 123 Å². The number of nitrogens with one attached hydrogen (secondary N) is 1. The van der Waals surface area contributed by atoms with Gasteiger partial charge in [-0.15, -0.1) is 0 Å². The van der Waals surface area contributed by atoms with E-state index in [2.05, 4.69) is 42.2 Å². The number of halogens is 2. The Morgan fingerprint density at radius 1 is 1.39 bits per heavy atom. The van der Waals surface area contributed by atoms with Crippen LogP contribution in [0.15, 0.2) is 21.2 Å². The van der Waals surface area contributed by atoms with Crippen molar-refractivity contribution in [2.24, 2.45) is 0 Å². The zero-order chi connectivity index (χ0) is 13.0. The summed E-state index contributed by atoms with van der Waals surface area (Å²) in [4.78, 5) is 4.32. The van der Waals surface area contributed by atoms with Crippen molar-refractivity contribution in [2.75, 3.05) is 19.8 Å². The molecule has 1 aliphatic heterocycles. The van der Waals surface area contributed by atoms with Gasteiger partial charge in [0.25, 0.3) is 0 Å². The number of aliphatic hydroxyl groups is 1. The first-order valence-corrected chi connectivity index (χ1v) is 7.48. The molecule has 0 aromatic carbocycles. The van der Waals surface area contributed by atoms with Crippen LogP contribution in [0, 0.1) is 0 Å². The van der Waals surface area contributed by atoms with Crippen LogP contribution in [-0.4, -0.2) is 35.5 Å². The highest BCUT2D eigenvalue weighted by atomic mass is 79.9. The first-order valence-electron chi connectivity index (χ1n) is 5.90. The van der Waals surface area contributed by atoms with E-state index in [1.54, 1.807) is 6.20 Å². The largest absolute Gasteiger partial charge is 0.388 e. The Kier molecular flexibility index (Phi) is 5.14. The molecule has 1 fully saturated rings. The lowest BCUT2D eigenvalue weighted by molar-refractivity contribution is -0.0617. The monoisotopic (exact) mass is 378 g/mol. The van der Waals surface area contributed by atoms with Gasteiger partial charge >= 0.3 is 0 Å². The van der Waals surface area contributed by atoms with Crippen molar-refractivity contribution in [1.82, 2.24) is 10.3 Å². The number of hydrogen-bond acceptors (Lipinski definition) is 4. The van der Waals surface area contributed by atoms with Crippen molar-refractivity contribution in [3.8, 4) is 0 Å². The molecule has 0 saturated carbocycles. The number of nitrogens with zero attached hydrogens (tertiary/aromatic N) is 1. The predicted octanol–water partition coefficient (Wildman–Crippen LogP) is 2.24. The van der Waals surface area contributed by atoms with Crippen molar-refractivity contribution in [1.29, 1.82) is 0 Å². The summed E-state index contributed by atoms with van der Waals surface area (Å²) < 4.78 is 7.16. The van der Waals surface area contributed by atoms with Crippen LogP contribution < -0.4 is 5.32 Å². The number of pyridine rings is 1. The van der Waals surface area contributed by atoms with Gasteiger partial charge in [-0.1, -0.05) is 0 Å². The van der Waals surface area contributed by atoms with Crippen LogP contribution in [0.1, 0.15) is 18.5 Å². The van der Waals surface area contributed by atoms with Gasteiger partial charge in [0.15, 0.2) is 0 Å². The standard InChI is InChI=1S/C12H16Br2N2O2/c13-9-5-10(14)11(16-6-9)7-15-8-12(17)1-3-18-4-2-12/h5-6,15,17H,1-4,7-8H2. The third kappa shape index (κ3) is 3.99. The van der Waals surface area contributed by atoms with Crippen molar-refractivity contribution in [3.05, 3.63) is 26.9 Å². The molecule has 0 spiro atoms. The molecule has 0 bridgehead atoms. The molecule has 0 aliphatic carbocycles. The minimum Gasteiger partial charge on any atom is -0.388 e. The second kappa shape index (κ2) is 6.43. The van der Waals surface area contributed by atoms with E-state index >= 15 is 0 Å². The molecule has 18 heavy (non-hydrogen) atoms. The third-order valence-electron chi connectivity index (χ3n) is 3.05. The van der Waals surface area contributed by atoms with Crippen molar-refractivity contribution in [2.45, 2.75) is 25.0 Å². The second-order valence-electron chi connectivity index (χ2n) is 4.52. The Morgan fingerprint density at radius 3 is 2.78 bits per heavy atom. The average Bonchev–Trinajstić information content (AvgIpc) is 2.33. The van der Waals surface area contributed by atoms with Crippen LogP contribution in [0.2, 0.25) is 0 Å². The summed E-state index contributed by atoms with van der Waals surface area (Å²) in [5.74, 6) is 0. The fourth-order valence-electron chi connectivity index (χ4n) is 1.91. The van der Waals surface area contributed by atoms with Gasteiger partial charge in [0, 0.05) is 54.3 Å². The summed E-state index contributed by atoms with van der Waals surface area (Å²) in [5, 5.41) is 13.5. The van der Waals surface area contributed by atoms with E-state index in [0.29, 0.717) is 39.1 Å². The van der Waals surface area contributed by atoms with Gasteiger partial charge in [-0.2, -0.15) is 0 Å². The van der Waals surface area contributed by atoms with Crippen molar-refractivity contribution in [3.63, 3.8) is 0 Å². The molecule has 0 radical (unpaired) electrons. The summed E-state index contributed by atoms with van der Waals surface area (Å²) in [6.45, 7) is 2.48. The minimum absolute atomic E-state index is 0.570. The number of hydrogen-bond donors (Lipinski definition) is 2. The van der Waals surface area contributed by atoms with E-state index in [9.17, 15) is 5.11 Å². The molecule has 2 rings (SSSR count). The maximum absolute atomic E-state index is 10.3. The van der Waals surface area contributed by atoms with Crippen molar-refractivity contribution < 1.29 is 9.84 Å². The predicted molar refractivity (Wildman–Crippen MR) is 76.3 cm³/mol. The minimum atomic E-state index is -0.639. The molecule has 2 heterocycles. The Hall–Kier alpha value is -0.0100. The van der Waals surface area contributed by atoms with Gasteiger partial charge in [0.2, 0.25) is 0 Å². The Morgan fingerprint density at radius 2 is 2.11 bits per heavy atom. The zero-order valence-corrected chi connectivity index (χ0v) is 13.1. The van der Waals surface area contributed by atoms with Crippen LogP contribution in [-0.2, 0) is 11.3 Å². The molecule has 1 saturated heterocycles. The normalized spacial score (nSPS) is 18.8. The van der Waals surface area contributed by atoms with E-state index in [1.165, 1.54) is 0 Å². The summed E-state index contributed by atoms with van der Waals surface area (Å²) in [7, 11) is 0. The Bertz CT molecular complexity index is 409. The molecular formula is C12H16Br2N2O2. The lowest BCUT2D eigenvalue weighted by Gasteiger charge is -2.32. The maximum Gasteiger partial charge on any atom is 0.0815 e. The smallest absolute Gasteiger partial charge is 0.0815 e. The highest BCUT2D eigenvalue weighted by Gasteiger charge is 2.29. The van der Waals surface area contributed by atoms with Gasteiger partial charge in [-0.25, -0.2) is 0 Å². The van der Waals surface area contributed by atoms with Crippen LogP contribution in [0.5, 0.6) is 0 Å². The van der Waals surface area contributed by atoms with E-state index < -0.39 is 5.60 Å².